The van der Waals surface area contributed by atoms with Gasteiger partial charge in [-0.05, 0) is 29.3 Å². The topological polar surface area (TPSA) is 130 Å². The highest BCUT2D eigenvalue weighted by molar-refractivity contribution is 6.12. The number of nitrogens with zero attached hydrogens (tertiary/aromatic N) is 3. The summed E-state index contributed by atoms with van der Waals surface area (Å²) in [5, 5.41) is 9.85. The van der Waals surface area contributed by atoms with Gasteiger partial charge in [-0.25, -0.2) is 10.5 Å². The van der Waals surface area contributed by atoms with Crippen molar-refractivity contribution in [2.24, 2.45) is 0 Å². The minimum atomic E-state index is -0.760. The molecule has 1 amide bonds. The zero-order valence-electron chi connectivity index (χ0n) is 19.7. The lowest BCUT2D eigenvalue weighted by Gasteiger charge is -2.16. The number of benzene rings is 1. The summed E-state index contributed by atoms with van der Waals surface area (Å²) >= 11 is 0. The molecule has 1 aromatic carbocycles. The molecule has 9 nitrogen and oxygen atoms in total. The second-order valence-corrected chi connectivity index (χ2v) is 7.65. The Hall–Kier alpha value is -4.02. The number of amides is 1. The summed E-state index contributed by atoms with van der Waals surface area (Å²) in [6.45, 7) is 0. The smallest absolute Gasteiger partial charge is 0.279 e. The SMILES string of the molecule is COc1c(-c2ccc(-c3ccncc3)cc2)nc2c(-c3ccc(=O)[nH]c3)cncc2c1C(=O)NO.Cl.Cl.Cl. The summed E-state index contributed by atoms with van der Waals surface area (Å²) in [6, 6.07) is 14.5. The van der Waals surface area contributed by atoms with Gasteiger partial charge in [0.2, 0.25) is 5.56 Å². The minimum absolute atomic E-state index is 0. The van der Waals surface area contributed by atoms with E-state index in [0.29, 0.717) is 33.3 Å². The second-order valence-electron chi connectivity index (χ2n) is 7.65. The number of rotatable bonds is 5. The summed E-state index contributed by atoms with van der Waals surface area (Å²) in [4.78, 5) is 40.2. The van der Waals surface area contributed by atoms with Crippen LogP contribution in [-0.2, 0) is 0 Å². The third-order valence-electron chi connectivity index (χ3n) is 5.65. The highest BCUT2D eigenvalue weighted by Gasteiger charge is 2.24. The molecule has 0 aliphatic rings. The molecule has 0 spiro atoms. The molecule has 5 aromatic rings. The minimum Gasteiger partial charge on any atom is -0.494 e. The summed E-state index contributed by atoms with van der Waals surface area (Å²) < 4.78 is 5.62. The van der Waals surface area contributed by atoms with Crippen LogP contribution in [0.2, 0.25) is 0 Å². The molecule has 0 aliphatic heterocycles. The van der Waals surface area contributed by atoms with Crippen molar-refractivity contribution < 1.29 is 14.7 Å². The lowest BCUT2D eigenvalue weighted by Crippen LogP contribution is -2.20. The third kappa shape index (κ3) is 5.61. The largest absolute Gasteiger partial charge is 0.494 e. The van der Waals surface area contributed by atoms with E-state index in [0.717, 1.165) is 11.1 Å². The Morgan fingerprint density at radius 1 is 0.868 bits per heavy atom. The molecule has 4 heterocycles. The van der Waals surface area contributed by atoms with Gasteiger partial charge >= 0.3 is 0 Å². The number of aromatic nitrogens is 4. The molecule has 0 unspecified atom stereocenters. The Morgan fingerprint density at radius 2 is 1.50 bits per heavy atom. The molecule has 0 saturated carbocycles. The van der Waals surface area contributed by atoms with E-state index in [9.17, 15) is 14.8 Å². The lowest BCUT2D eigenvalue weighted by molar-refractivity contribution is 0.0705. The standard InChI is InChI=1S/C26H19N5O4.3ClH/c1-35-25-22(26(33)31-34)20-14-28-13-19(18-6-7-21(32)29-12-18)24(20)30-23(25)17-4-2-15(3-5-17)16-8-10-27-11-9-16;;;/h2-14,34H,1H3,(H,29,32)(H,31,33);3*1H. The molecular weight excluding hydrogens is 553 g/mol. The maximum atomic E-state index is 12.8. The fourth-order valence-corrected chi connectivity index (χ4v) is 3.99. The average molecular weight is 575 g/mol. The Labute approximate surface area is 235 Å². The second kappa shape index (κ2) is 13.0. The monoisotopic (exact) mass is 573 g/mol. The van der Waals surface area contributed by atoms with Crippen molar-refractivity contribution in [3.05, 3.63) is 95.4 Å². The fourth-order valence-electron chi connectivity index (χ4n) is 3.99. The molecule has 0 saturated heterocycles. The molecule has 0 radical (unpaired) electrons. The van der Waals surface area contributed by atoms with Gasteiger partial charge < -0.3 is 9.72 Å². The van der Waals surface area contributed by atoms with Crippen LogP contribution in [0, 0.1) is 0 Å². The number of carbonyl (C=O) groups excluding carboxylic acids is 1. The molecule has 0 fully saturated rings. The van der Waals surface area contributed by atoms with Crippen LogP contribution in [0.15, 0.2) is 84.3 Å². The first-order valence-corrected chi connectivity index (χ1v) is 10.6. The van der Waals surface area contributed by atoms with Gasteiger partial charge in [-0.2, -0.15) is 0 Å². The molecule has 0 bridgehead atoms. The average Bonchev–Trinajstić information content (AvgIpc) is 2.92. The normalized spacial score (nSPS) is 9.95. The van der Waals surface area contributed by atoms with Crippen LogP contribution in [0.3, 0.4) is 0 Å². The van der Waals surface area contributed by atoms with Crippen molar-refractivity contribution in [2.75, 3.05) is 7.11 Å². The van der Waals surface area contributed by atoms with E-state index in [4.69, 9.17) is 9.72 Å². The molecule has 196 valence electrons. The van der Waals surface area contributed by atoms with Gasteiger partial charge in [0.1, 0.15) is 5.69 Å². The van der Waals surface area contributed by atoms with E-state index in [1.807, 2.05) is 36.4 Å². The number of ether oxygens (including phenoxy) is 1. The van der Waals surface area contributed by atoms with Crippen molar-refractivity contribution in [1.29, 1.82) is 0 Å². The maximum Gasteiger partial charge on any atom is 0.279 e. The number of aromatic amines is 1. The molecule has 0 atom stereocenters. The number of hydroxylamine groups is 1. The fraction of sp³-hybridized carbons (Fsp3) is 0.0385. The molecule has 12 heteroatoms. The number of nitrogens with one attached hydrogen (secondary N) is 2. The summed E-state index contributed by atoms with van der Waals surface area (Å²) in [5.41, 5.74) is 6.38. The predicted octanol–water partition coefficient (Wildman–Crippen LogP) is 5.11. The molecule has 4 aromatic heterocycles. The molecule has 0 aliphatic carbocycles. The van der Waals surface area contributed by atoms with E-state index < -0.39 is 5.91 Å². The van der Waals surface area contributed by atoms with E-state index >= 15 is 0 Å². The molecule has 38 heavy (non-hydrogen) atoms. The van der Waals surface area contributed by atoms with Gasteiger partial charge in [0.05, 0.1) is 18.2 Å². The zero-order valence-corrected chi connectivity index (χ0v) is 22.2. The Morgan fingerprint density at radius 3 is 2.11 bits per heavy atom. The van der Waals surface area contributed by atoms with E-state index in [1.165, 1.54) is 19.4 Å². The van der Waals surface area contributed by atoms with Gasteiger partial charge in [0.15, 0.2) is 5.75 Å². The number of carbonyl (C=O) groups is 1. The highest BCUT2D eigenvalue weighted by Crippen LogP contribution is 2.39. The van der Waals surface area contributed by atoms with E-state index in [1.54, 1.807) is 36.3 Å². The predicted molar refractivity (Wildman–Crippen MR) is 152 cm³/mol. The van der Waals surface area contributed by atoms with Crippen molar-refractivity contribution >= 4 is 54.0 Å². The van der Waals surface area contributed by atoms with Gasteiger partial charge in [-0.3, -0.25) is 24.8 Å². The summed E-state index contributed by atoms with van der Waals surface area (Å²) in [6.07, 6.45) is 8.10. The number of fused-ring (bicyclic) bond motifs is 1. The van der Waals surface area contributed by atoms with Gasteiger partial charge in [-0.15, -0.1) is 37.2 Å². The van der Waals surface area contributed by atoms with Crippen LogP contribution < -0.4 is 15.8 Å². The Kier molecular flexibility index (Phi) is 10.3. The molecule has 5 rings (SSSR count). The molecule has 3 N–H and O–H groups in total. The first-order valence-electron chi connectivity index (χ1n) is 10.6. The van der Waals surface area contributed by atoms with Crippen LogP contribution in [0.25, 0.3) is 44.4 Å². The van der Waals surface area contributed by atoms with E-state index in [-0.39, 0.29) is 54.1 Å². The Bertz CT molecular complexity index is 1590. The molecular formula is C26H22Cl3N5O4. The number of H-pyrrole nitrogens is 1. The van der Waals surface area contributed by atoms with Crippen LogP contribution in [0.5, 0.6) is 5.75 Å². The van der Waals surface area contributed by atoms with Crippen molar-refractivity contribution in [3.63, 3.8) is 0 Å². The van der Waals surface area contributed by atoms with Crippen LogP contribution in [0.1, 0.15) is 10.4 Å². The number of pyridine rings is 4. The maximum absolute atomic E-state index is 12.8. The number of methoxy groups -OCH3 is 1. The summed E-state index contributed by atoms with van der Waals surface area (Å²) in [5.74, 6) is -0.564. The quantitative estimate of drug-likeness (QED) is 0.196. The first kappa shape index (κ1) is 30.2. The van der Waals surface area contributed by atoms with Crippen LogP contribution in [0.4, 0.5) is 0 Å². The van der Waals surface area contributed by atoms with Crippen LogP contribution >= 0.6 is 37.2 Å². The van der Waals surface area contributed by atoms with Gasteiger partial charge in [0, 0.05) is 59.1 Å². The zero-order chi connectivity index (χ0) is 24.4. The number of halogens is 3. The number of hydrogen-bond donors (Lipinski definition) is 3. The van der Waals surface area contributed by atoms with Crippen molar-refractivity contribution in [2.45, 2.75) is 0 Å². The third-order valence-corrected chi connectivity index (χ3v) is 5.65. The van der Waals surface area contributed by atoms with Crippen molar-refractivity contribution in [1.82, 2.24) is 25.4 Å². The van der Waals surface area contributed by atoms with Gasteiger partial charge in [-0.1, -0.05) is 24.3 Å². The van der Waals surface area contributed by atoms with Crippen molar-refractivity contribution in [3.8, 4) is 39.3 Å². The van der Waals surface area contributed by atoms with Crippen LogP contribution in [-0.4, -0.2) is 38.2 Å². The first-order chi connectivity index (χ1) is 17.1. The Balaban J connectivity index is 0.00000169. The number of hydrogen-bond acceptors (Lipinski definition) is 7. The van der Waals surface area contributed by atoms with Gasteiger partial charge in [0.25, 0.3) is 5.91 Å². The lowest BCUT2D eigenvalue weighted by atomic mass is 9.98. The highest BCUT2D eigenvalue weighted by atomic mass is 35.5. The van der Waals surface area contributed by atoms with E-state index in [2.05, 4.69) is 15.0 Å². The summed E-state index contributed by atoms with van der Waals surface area (Å²) in [7, 11) is 1.44.